The van der Waals surface area contributed by atoms with Gasteiger partial charge in [0.2, 0.25) is 11.8 Å². The van der Waals surface area contributed by atoms with Crippen molar-refractivity contribution in [2.24, 2.45) is 5.92 Å². The van der Waals surface area contributed by atoms with E-state index in [-0.39, 0.29) is 18.2 Å². The highest BCUT2D eigenvalue weighted by Crippen LogP contribution is 2.34. The first-order valence-electron chi connectivity index (χ1n) is 9.15. The molecule has 27 heavy (non-hydrogen) atoms. The number of carbonyl (C=O) groups is 2. The van der Waals surface area contributed by atoms with Crippen molar-refractivity contribution in [1.29, 1.82) is 0 Å². The van der Waals surface area contributed by atoms with Crippen molar-refractivity contribution in [1.82, 2.24) is 0 Å². The van der Waals surface area contributed by atoms with Gasteiger partial charge in [-0.05, 0) is 31.2 Å². The molecule has 0 aromatic heterocycles. The zero-order valence-corrected chi connectivity index (χ0v) is 15.5. The largest absolute Gasteiger partial charge is 0.492 e. The number of hydrogen-bond acceptors (Lipinski definition) is 3. The van der Waals surface area contributed by atoms with E-state index in [0.29, 0.717) is 25.4 Å². The first kappa shape index (κ1) is 18.7. The second-order valence-electron chi connectivity index (χ2n) is 6.38. The van der Waals surface area contributed by atoms with Crippen LogP contribution < -0.4 is 14.5 Å². The minimum Gasteiger partial charge on any atom is -0.492 e. The van der Waals surface area contributed by atoms with Crippen LogP contribution >= 0.6 is 0 Å². The Morgan fingerprint density at radius 3 is 2.63 bits per heavy atom. The average Bonchev–Trinajstić information content (AvgIpc) is 3.08. The molecule has 1 aliphatic heterocycles. The lowest BCUT2D eigenvalue weighted by Gasteiger charge is -2.25. The van der Waals surface area contributed by atoms with Crippen LogP contribution in [0.5, 0.6) is 5.75 Å². The summed E-state index contributed by atoms with van der Waals surface area (Å²) in [4.78, 5) is 29.1. The predicted octanol–water partition coefficient (Wildman–Crippen LogP) is 3.66. The van der Waals surface area contributed by atoms with E-state index in [0.717, 1.165) is 11.4 Å². The fourth-order valence-electron chi connectivity index (χ4n) is 3.34. The third-order valence-electron chi connectivity index (χ3n) is 4.58. The highest BCUT2D eigenvalue weighted by atomic mass is 16.5. The summed E-state index contributed by atoms with van der Waals surface area (Å²) < 4.78 is 5.65. The molecule has 5 nitrogen and oxygen atoms in total. The van der Waals surface area contributed by atoms with Gasteiger partial charge in [0.1, 0.15) is 5.75 Å². The van der Waals surface area contributed by atoms with E-state index < -0.39 is 5.92 Å². The number of ether oxygens (including phenoxy) is 1. The molecule has 0 radical (unpaired) electrons. The van der Waals surface area contributed by atoms with Crippen LogP contribution in [0.25, 0.3) is 0 Å². The molecule has 1 aliphatic rings. The van der Waals surface area contributed by atoms with Crippen LogP contribution in [0.4, 0.5) is 11.4 Å². The van der Waals surface area contributed by atoms with E-state index in [2.05, 4.69) is 6.58 Å². The fourth-order valence-corrected chi connectivity index (χ4v) is 3.34. The Labute approximate surface area is 159 Å². The summed E-state index contributed by atoms with van der Waals surface area (Å²) in [6.07, 6.45) is 1.89. The molecular weight excluding hydrogens is 340 g/mol. The molecule has 5 heteroatoms. The molecule has 2 aromatic carbocycles. The van der Waals surface area contributed by atoms with E-state index in [1.165, 1.54) is 0 Å². The highest BCUT2D eigenvalue weighted by Gasteiger charge is 2.38. The Morgan fingerprint density at radius 2 is 1.93 bits per heavy atom. The SMILES string of the molecule is C=CCN(C(=O)C1CC(=O)N(c2ccccc2OCC)C1)c1ccccc1. The molecule has 1 unspecified atom stereocenters. The van der Waals surface area contributed by atoms with Gasteiger partial charge in [-0.15, -0.1) is 6.58 Å². The summed E-state index contributed by atoms with van der Waals surface area (Å²) in [6, 6.07) is 16.9. The minimum atomic E-state index is -0.396. The molecule has 2 amide bonds. The standard InChI is InChI=1S/C22H24N2O3/c1-3-14-23(18-10-6-5-7-11-18)22(26)17-15-21(25)24(16-17)19-12-8-9-13-20(19)27-4-2/h3,5-13,17H,1,4,14-16H2,2H3. The first-order chi connectivity index (χ1) is 13.2. The minimum absolute atomic E-state index is 0.0629. The number of amides is 2. The van der Waals surface area contributed by atoms with Crippen LogP contribution in [0.2, 0.25) is 0 Å². The second-order valence-corrected chi connectivity index (χ2v) is 6.38. The maximum atomic E-state index is 13.1. The Kier molecular flexibility index (Phi) is 5.91. The Bertz CT molecular complexity index is 819. The third kappa shape index (κ3) is 4.03. The van der Waals surface area contributed by atoms with Crippen molar-refractivity contribution in [3.63, 3.8) is 0 Å². The number of nitrogens with zero attached hydrogens (tertiary/aromatic N) is 2. The number of para-hydroxylation sites is 3. The summed E-state index contributed by atoms with van der Waals surface area (Å²) in [5.41, 5.74) is 1.53. The van der Waals surface area contributed by atoms with Crippen LogP contribution in [-0.2, 0) is 9.59 Å². The average molecular weight is 364 g/mol. The lowest BCUT2D eigenvalue weighted by atomic mass is 10.1. The Balaban J connectivity index is 1.82. The van der Waals surface area contributed by atoms with Crippen LogP contribution in [-0.4, -0.2) is 31.5 Å². The molecular formula is C22H24N2O3. The molecule has 1 heterocycles. The first-order valence-corrected chi connectivity index (χ1v) is 9.15. The maximum absolute atomic E-state index is 13.1. The molecule has 1 atom stereocenters. The van der Waals surface area contributed by atoms with Gasteiger partial charge in [0, 0.05) is 25.2 Å². The summed E-state index contributed by atoms with van der Waals surface area (Å²) in [5.74, 6) is 0.137. The molecule has 0 N–H and O–H groups in total. The summed E-state index contributed by atoms with van der Waals surface area (Å²) in [7, 11) is 0. The third-order valence-corrected chi connectivity index (χ3v) is 4.58. The monoisotopic (exact) mass is 364 g/mol. The number of anilines is 2. The van der Waals surface area contributed by atoms with Gasteiger partial charge in [-0.2, -0.15) is 0 Å². The molecule has 2 aromatic rings. The van der Waals surface area contributed by atoms with Gasteiger partial charge < -0.3 is 14.5 Å². The molecule has 1 saturated heterocycles. The van der Waals surface area contributed by atoms with E-state index in [1.54, 1.807) is 15.9 Å². The van der Waals surface area contributed by atoms with E-state index in [4.69, 9.17) is 4.74 Å². The molecule has 3 rings (SSSR count). The van der Waals surface area contributed by atoms with Gasteiger partial charge in [-0.1, -0.05) is 36.4 Å². The molecule has 0 saturated carbocycles. The number of hydrogen-bond donors (Lipinski definition) is 0. The van der Waals surface area contributed by atoms with Crippen LogP contribution in [0.1, 0.15) is 13.3 Å². The summed E-state index contributed by atoms with van der Waals surface area (Å²) >= 11 is 0. The van der Waals surface area contributed by atoms with Crippen LogP contribution in [0, 0.1) is 5.92 Å². The molecule has 0 bridgehead atoms. The molecule has 140 valence electrons. The summed E-state index contributed by atoms with van der Waals surface area (Å²) in [5, 5.41) is 0. The smallest absolute Gasteiger partial charge is 0.232 e. The normalized spacial score (nSPS) is 16.3. The van der Waals surface area contributed by atoms with Crippen LogP contribution in [0.15, 0.2) is 67.3 Å². The van der Waals surface area contributed by atoms with Crippen molar-refractivity contribution >= 4 is 23.2 Å². The lowest BCUT2D eigenvalue weighted by Crippen LogP contribution is -2.37. The van der Waals surface area contributed by atoms with E-state index in [9.17, 15) is 9.59 Å². The van der Waals surface area contributed by atoms with Gasteiger partial charge in [-0.3, -0.25) is 9.59 Å². The van der Waals surface area contributed by atoms with E-state index in [1.807, 2.05) is 61.5 Å². The highest BCUT2D eigenvalue weighted by molar-refractivity contribution is 6.05. The number of rotatable bonds is 7. The quantitative estimate of drug-likeness (QED) is 0.705. The zero-order valence-electron chi connectivity index (χ0n) is 15.5. The lowest BCUT2D eigenvalue weighted by molar-refractivity contribution is -0.124. The molecule has 0 spiro atoms. The number of carbonyl (C=O) groups excluding carboxylic acids is 2. The van der Waals surface area contributed by atoms with E-state index >= 15 is 0 Å². The van der Waals surface area contributed by atoms with Gasteiger partial charge >= 0.3 is 0 Å². The van der Waals surface area contributed by atoms with Gasteiger partial charge in [0.05, 0.1) is 18.2 Å². The van der Waals surface area contributed by atoms with Gasteiger partial charge in [0.15, 0.2) is 0 Å². The van der Waals surface area contributed by atoms with Gasteiger partial charge in [0.25, 0.3) is 0 Å². The number of benzene rings is 2. The Hall–Kier alpha value is -3.08. The van der Waals surface area contributed by atoms with Gasteiger partial charge in [-0.25, -0.2) is 0 Å². The maximum Gasteiger partial charge on any atom is 0.232 e. The molecule has 1 fully saturated rings. The second kappa shape index (κ2) is 8.54. The van der Waals surface area contributed by atoms with Crippen LogP contribution in [0.3, 0.4) is 0 Å². The fraction of sp³-hybridized carbons (Fsp3) is 0.273. The van der Waals surface area contributed by atoms with Crippen molar-refractivity contribution in [3.8, 4) is 5.75 Å². The topological polar surface area (TPSA) is 49.9 Å². The zero-order chi connectivity index (χ0) is 19.2. The Morgan fingerprint density at radius 1 is 1.22 bits per heavy atom. The van der Waals surface area contributed by atoms with Crippen molar-refractivity contribution < 1.29 is 14.3 Å². The summed E-state index contributed by atoms with van der Waals surface area (Å²) in [6.45, 7) is 6.93. The van der Waals surface area contributed by atoms with Crippen molar-refractivity contribution in [3.05, 3.63) is 67.3 Å². The molecule has 0 aliphatic carbocycles. The predicted molar refractivity (Wildman–Crippen MR) is 107 cm³/mol. The van der Waals surface area contributed by atoms with Crippen molar-refractivity contribution in [2.45, 2.75) is 13.3 Å². The van der Waals surface area contributed by atoms with Crippen molar-refractivity contribution in [2.75, 3.05) is 29.5 Å².